The molecule has 4 heterocycles. The van der Waals surface area contributed by atoms with Crippen molar-refractivity contribution in [2.24, 2.45) is 11.8 Å². The second kappa shape index (κ2) is 6.80. The van der Waals surface area contributed by atoms with Crippen LogP contribution >= 0.6 is 0 Å². The van der Waals surface area contributed by atoms with E-state index in [1.165, 1.54) is 17.4 Å². The van der Waals surface area contributed by atoms with E-state index in [-0.39, 0.29) is 17.9 Å². The van der Waals surface area contributed by atoms with Gasteiger partial charge in [0, 0.05) is 19.7 Å². The first kappa shape index (κ1) is 19.1. The monoisotopic (exact) mass is 407 g/mol. The minimum atomic E-state index is -0.698. The lowest BCUT2D eigenvalue weighted by Crippen LogP contribution is -2.44. The average Bonchev–Trinajstić information content (AvgIpc) is 3.47. The van der Waals surface area contributed by atoms with Gasteiger partial charge in [-0.15, -0.1) is 0 Å². The highest BCUT2D eigenvalue weighted by Gasteiger charge is 2.67. The summed E-state index contributed by atoms with van der Waals surface area (Å²) < 4.78 is 11.1. The fraction of sp³-hybridized carbons (Fsp3) is 0.435. The Labute approximate surface area is 175 Å². The quantitative estimate of drug-likeness (QED) is 0.711. The summed E-state index contributed by atoms with van der Waals surface area (Å²) in [6.45, 7) is 5.49. The molecule has 1 aromatic heterocycles. The molecule has 4 atom stereocenters. The largest absolute Gasteiger partial charge is 0.364 e. The molecule has 156 valence electrons. The van der Waals surface area contributed by atoms with Gasteiger partial charge in [-0.2, -0.15) is 0 Å². The van der Waals surface area contributed by atoms with Crippen LogP contribution in [0.1, 0.15) is 22.4 Å². The topological polar surface area (TPSA) is 75.9 Å². The Morgan fingerprint density at radius 2 is 2.13 bits per heavy atom. The predicted molar refractivity (Wildman–Crippen MR) is 108 cm³/mol. The maximum absolute atomic E-state index is 13.4. The number of aryl methyl sites for hydroxylation is 2. The van der Waals surface area contributed by atoms with Crippen LogP contribution in [0.5, 0.6) is 0 Å². The molecule has 2 saturated heterocycles. The molecule has 0 unspecified atom stereocenters. The number of amides is 2. The zero-order valence-corrected chi connectivity index (χ0v) is 17.4. The van der Waals surface area contributed by atoms with Crippen molar-refractivity contribution in [1.82, 2.24) is 15.0 Å². The lowest BCUT2D eigenvalue weighted by atomic mass is 9.76. The zero-order chi connectivity index (χ0) is 21.0. The van der Waals surface area contributed by atoms with Crippen molar-refractivity contribution >= 4 is 11.8 Å². The SMILES string of the molecule is Cc1ccc(CN2C[C@]34C=C[C@H](O3)[C@H](C(=O)N(C)Cc3ccon3)[C@H]4C2=O)cc1C. The molecule has 3 aliphatic heterocycles. The molecule has 2 amide bonds. The van der Waals surface area contributed by atoms with Gasteiger partial charge in [0.25, 0.3) is 0 Å². The molecule has 2 bridgehead atoms. The number of carbonyl (C=O) groups excluding carboxylic acids is 2. The van der Waals surface area contributed by atoms with Gasteiger partial charge in [0.15, 0.2) is 0 Å². The second-order valence-electron chi connectivity index (χ2n) is 8.70. The van der Waals surface area contributed by atoms with Gasteiger partial charge in [0.1, 0.15) is 17.6 Å². The van der Waals surface area contributed by atoms with Gasteiger partial charge in [-0.1, -0.05) is 35.5 Å². The molecule has 0 aliphatic carbocycles. The van der Waals surface area contributed by atoms with Gasteiger partial charge in [0.05, 0.1) is 31.0 Å². The van der Waals surface area contributed by atoms with Crippen molar-refractivity contribution in [1.29, 1.82) is 0 Å². The molecular formula is C23H25N3O4. The van der Waals surface area contributed by atoms with Gasteiger partial charge >= 0.3 is 0 Å². The van der Waals surface area contributed by atoms with E-state index in [9.17, 15) is 9.59 Å². The lowest BCUT2D eigenvalue weighted by Gasteiger charge is -2.27. The summed E-state index contributed by atoms with van der Waals surface area (Å²) in [4.78, 5) is 30.1. The van der Waals surface area contributed by atoms with E-state index in [0.717, 1.165) is 5.56 Å². The highest BCUT2D eigenvalue weighted by atomic mass is 16.5. The third kappa shape index (κ3) is 2.88. The smallest absolute Gasteiger partial charge is 0.230 e. The van der Waals surface area contributed by atoms with E-state index in [1.807, 2.05) is 17.1 Å². The van der Waals surface area contributed by atoms with Crippen LogP contribution in [0, 0.1) is 25.7 Å². The Balaban J connectivity index is 1.36. The van der Waals surface area contributed by atoms with Crippen molar-refractivity contribution in [3.05, 3.63) is 65.1 Å². The minimum absolute atomic E-state index is 0.00624. The predicted octanol–water partition coefficient (Wildman–Crippen LogP) is 2.23. The number of fused-ring (bicyclic) bond motifs is 1. The van der Waals surface area contributed by atoms with E-state index < -0.39 is 17.4 Å². The number of nitrogens with zero attached hydrogens (tertiary/aromatic N) is 3. The number of hydrogen-bond acceptors (Lipinski definition) is 5. The van der Waals surface area contributed by atoms with Crippen molar-refractivity contribution in [2.45, 2.75) is 38.6 Å². The summed E-state index contributed by atoms with van der Waals surface area (Å²) in [5.41, 5.74) is 3.50. The first-order valence-electron chi connectivity index (χ1n) is 10.2. The maximum Gasteiger partial charge on any atom is 0.230 e. The maximum atomic E-state index is 13.4. The Morgan fingerprint density at radius 1 is 1.30 bits per heavy atom. The fourth-order valence-electron chi connectivity index (χ4n) is 5.01. The Morgan fingerprint density at radius 3 is 2.87 bits per heavy atom. The number of carbonyl (C=O) groups is 2. The van der Waals surface area contributed by atoms with Gasteiger partial charge in [-0.25, -0.2) is 0 Å². The highest BCUT2D eigenvalue weighted by Crippen LogP contribution is 2.52. The van der Waals surface area contributed by atoms with Crippen LogP contribution in [0.25, 0.3) is 0 Å². The molecule has 0 N–H and O–H groups in total. The van der Waals surface area contributed by atoms with E-state index in [1.54, 1.807) is 18.0 Å². The van der Waals surface area contributed by atoms with Crippen LogP contribution in [0.4, 0.5) is 0 Å². The normalized spacial score (nSPS) is 29.0. The first-order valence-corrected chi connectivity index (χ1v) is 10.2. The minimum Gasteiger partial charge on any atom is -0.364 e. The van der Waals surface area contributed by atoms with Crippen molar-refractivity contribution in [3.8, 4) is 0 Å². The molecule has 1 aromatic carbocycles. The van der Waals surface area contributed by atoms with Crippen LogP contribution in [-0.4, -0.2) is 52.1 Å². The standard InChI is InChI=1S/C23H25N3O4/c1-14-4-5-16(10-15(14)2)11-26-13-23-8-6-18(30-23)19(20(23)22(26)28)21(27)25(3)12-17-7-9-29-24-17/h4-10,18-20H,11-13H2,1-3H3/t18-,19-,20-,23-/m0/s1. The lowest BCUT2D eigenvalue weighted by molar-refractivity contribution is -0.143. The van der Waals surface area contributed by atoms with Gasteiger partial charge in [0.2, 0.25) is 11.8 Å². The summed E-state index contributed by atoms with van der Waals surface area (Å²) in [6.07, 6.45) is 5.06. The number of ether oxygens (including phenoxy) is 1. The number of benzene rings is 1. The van der Waals surface area contributed by atoms with Crippen LogP contribution in [0.3, 0.4) is 0 Å². The molecule has 0 radical (unpaired) electrons. The number of hydrogen-bond donors (Lipinski definition) is 0. The van der Waals surface area contributed by atoms with Crippen LogP contribution in [0.2, 0.25) is 0 Å². The molecule has 7 nitrogen and oxygen atoms in total. The van der Waals surface area contributed by atoms with Crippen LogP contribution in [-0.2, 0) is 27.4 Å². The van der Waals surface area contributed by atoms with Gasteiger partial charge in [-0.3, -0.25) is 9.59 Å². The van der Waals surface area contributed by atoms with E-state index in [0.29, 0.717) is 25.3 Å². The number of likely N-dealkylation sites (tertiary alicyclic amines) is 1. The summed E-state index contributed by atoms with van der Waals surface area (Å²) in [5, 5.41) is 3.88. The van der Waals surface area contributed by atoms with E-state index in [4.69, 9.17) is 9.26 Å². The molecule has 1 spiro atoms. The summed E-state index contributed by atoms with van der Waals surface area (Å²) in [6, 6.07) is 7.99. The van der Waals surface area contributed by atoms with E-state index >= 15 is 0 Å². The molecular weight excluding hydrogens is 382 g/mol. The molecule has 5 rings (SSSR count). The van der Waals surface area contributed by atoms with Crippen LogP contribution in [0.15, 0.2) is 47.2 Å². The summed E-state index contributed by atoms with van der Waals surface area (Å²) in [7, 11) is 1.73. The second-order valence-corrected chi connectivity index (χ2v) is 8.70. The third-order valence-electron chi connectivity index (χ3n) is 6.68. The number of rotatable bonds is 5. The van der Waals surface area contributed by atoms with Gasteiger partial charge < -0.3 is 19.1 Å². The van der Waals surface area contributed by atoms with Crippen molar-refractivity contribution in [3.63, 3.8) is 0 Å². The molecule has 0 saturated carbocycles. The third-order valence-corrected chi connectivity index (χ3v) is 6.68. The number of aromatic nitrogens is 1. The van der Waals surface area contributed by atoms with Gasteiger partial charge in [-0.05, 0) is 30.5 Å². The Kier molecular flexibility index (Phi) is 4.32. The molecule has 30 heavy (non-hydrogen) atoms. The highest BCUT2D eigenvalue weighted by molar-refractivity contribution is 5.93. The zero-order valence-electron chi connectivity index (χ0n) is 17.4. The summed E-state index contributed by atoms with van der Waals surface area (Å²) in [5.74, 6) is -1.09. The first-order chi connectivity index (χ1) is 14.4. The molecule has 2 aromatic rings. The average molecular weight is 407 g/mol. The Hall–Kier alpha value is -2.93. The van der Waals surface area contributed by atoms with Crippen LogP contribution < -0.4 is 0 Å². The molecule has 2 fully saturated rings. The molecule has 7 heteroatoms. The molecule has 3 aliphatic rings. The van der Waals surface area contributed by atoms with Crippen molar-refractivity contribution in [2.75, 3.05) is 13.6 Å². The van der Waals surface area contributed by atoms with Crippen molar-refractivity contribution < 1.29 is 18.8 Å². The Bertz CT molecular complexity index is 1030. The summed E-state index contributed by atoms with van der Waals surface area (Å²) >= 11 is 0. The fourth-order valence-corrected chi connectivity index (χ4v) is 5.01. The van der Waals surface area contributed by atoms with E-state index in [2.05, 4.69) is 37.2 Å².